The van der Waals surface area contributed by atoms with Gasteiger partial charge in [0.05, 0.1) is 18.7 Å². The van der Waals surface area contributed by atoms with E-state index in [4.69, 9.17) is 9.26 Å². The van der Waals surface area contributed by atoms with Crippen LogP contribution in [-0.4, -0.2) is 44.4 Å². The summed E-state index contributed by atoms with van der Waals surface area (Å²) in [6.07, 6.45) is 3.77. The minimum Gasteiger partial charge on any atom is -0.384 e. The Bertz CT molecular complexity index is 380. The number of rotatable bonds is 6. The van der Waals surface area contributed by atoms with Gasteiger partial charge in [-0.1, -0.05) is 5.16 Å². The molecule has 1 aliphatic rings. The van der Waals surface area contributed by atoms with Gasteiger partial charge in [-0.15, -0.1) is 0 Å². The molecule has 19 heavy (non-hydrogen) atoms. The Kier molecular flexibility index (Phi) is 4.93. The molecule has 0 bridgehead atoms. The fourth-order valence-corrected chi connectivity index (χ4v) is 2.48. The second-order valence-corrected chi connectivity index (χ2v) is 5.13. The molecule has 0 unspecified atom stereocenters. The van der Waals surface area contributed by atoms with Gasteiger partial charge in [-0.25, -0.2) is 0 Å². The zero-order valence-electron chi connectivity index (χ0n) is 11.3. The molecular formula is C13H21N3O3. The largest absolute Gasteiger partial charge is 0.384 e. The minimum absolute atomic E-state index is 0.0251. The van der Waals surface area contributed by atoms with Crippen molar-refractivity contribution in [1.29, 1.82) is 0 Å². The van der Waals surface area contributed by atoms with E-state index >= 15 is 0 Å². The molecule has 0 atom stereocenters. The van der Waals surface area contributed by atoms with Gasteiger partial charge in [0.15, 0.2) is 0 Å². The Morgan fingerprint density at radius 2 is 2.37 bits per heavy atom. The third-order valence-electron chi connectivity index (χ3n) is 3.61. The third kappa shape index (κ3) is 4.04. The van der Waals surface area contributed by atoms with Crippen molar-refractivity contribution in [3.63, 3.8) is 0 Å². The topological polar surface area (TPSA) is 76.4 Å². The Morgan fingerprint density at radius 3 is 3.00 bits per heavy atom. The first kappa shape index (κ1) is 14.0. The monoisotopic (exact) mass is 267 g/mol. The van der Waals surface area contributed by atoms with Gasteiger partial charge in [0.2, 0.25) is 5.91 Å². The van der Waals surface area contributed by atoms with Gasteiger partial charge in [-0.05, 0) is 25.9 Å². The summed E-state index contributed by atoms with van der Waals surface area (Å²) in [7, 11) is 1.71. The summed E-state index contributed by atoms with van der Waals surface area (Å²) in [5.41, 5.74) is 0.711. The molecule has 0 aliphatic carbocycles. The standard InChI is InChI=1S/C13H21N3O3/c1-18-10-13(3-5-14-6-4-13)9-15-12(17)8-11-2-7-19-16-11/h2,7,14H,3-6,8-10H2,1H3,(H,15,17). The van der Waals surface area contributed by atoms with Gasteiger partial charge in [0, 0.05) is 25.1 Å². The predicted octanol–water partition coefficient (Wildman–Crippen LogP) is 0.349. The van der Waals surface area contributed by atoms with Crippen LogP contribution in [0.4, 0.5) is 0 Å². The van der Waals surface area contributed by atoms with Crippen LogP contribution < -0.4 is 10.6 Å². The average Bonchev–Trinajstić information content (AvgIpc) is 2.91. The first-order chi connectivity index (χ1) is 9.24. The molecule has 1 aromatic rings. The number of carbonyl (C=O) groups excluding carboxylic acids is 1. The van der Waals surface area contributed by atoms with E-state index in [0.29, 0.717) is 18.8 Å². The normalized spacial score (nSPS) is 18.2. The van der Waals surface area contributed by atoms with Gasteiger partial charge in [-0.2, -0.15) is 0 Å². The van der Waals surface area contributed by atoms with E-state index in [1.54, 1.807) is 13.2 Å². The molecule has 2 N–H and O–H groups in total. The van der Waals surface area contributed by atoms with Crippen LogP contribution in [0.2, 0.25) is 0 Å². The van der Waals surface area contributed by atoms with E-state index in [9.17, 15) is 4.79 Å². The summed E-state index contributed by atoms with van der Waals surface area (Å²) in [4.78, 5) is 11.9. The maximum Gasteiger partial charge on any atom is 0.226 e. The van der Waals surface area contributed by atoms with Crippen molar-refractivity contribution >= 4 is 5.91 Å². The molecular weight excluding hydrogens is 246 g/mol. The number of ether oxygens (including phenoxy) is 1. The maximum absolute atomic E-state index is 11.9. The molecule has 106 valence electrons. The highest BCUT2D eigenvalue weighted by Crippen LogP contribution is 2.28. The number of aromatic nitrogens is 1. The van der Waals surface area contributed by atoms with Gasteiger partial charge in [0.25, 0.3) is 0 Å². The molecule has 0 aromatic carbocycles. The summed E-state index contributed by atoms with van der Waals surface area (Å²) in [5.74, 6) is -0.0251. The third-order valence-corrected chi connectivity index (χ3v) is 3.61. The van der Waals surface area contributed by atoms with Crippen molar-refractivity contribution in [2.24, 2.45) is 5.41 Å². The molecule has 1 fully saturated rings. The number of nitrogens with one attached hydrogen (secondary N) is 2. The molecule has 1 aromatic heterocycles. The van der Waals surface area contributed by atoms with E-state index in [0.717, 1.165) is 25.9 Å². The van der Waals surface area contributed by atoms with Crippen LogP contribution in [0.3, 0.4) is 0 Å². The van der Waals surface area contributed by atoms with E-state index in [-0.39, 0.29) is 17.7 Å². The molecule has 1 amide bonds. The molecule has 6 nitrogen and oxygen atoms in total. The van der Waals surface area contributed by atoms with E-state index < -0.39 is 0 Å². The van der Waals surface area contributed by atoms with E-state index in [2.05, 4.69) is 15.8 Å². The lowest BCUT2D eigenvalue weighted by Crippen LogP contribution is -2.47. The van der Waals surface area contributed by atoms with Crippen molar-refractivity contribution in [1.82, 2.24) is 15.8 Å². The number of hydrogen-bond acceptors (Lipinski definition) is 5. The highest BCUT2D eigenvalue weighted by atomic mass is 16.5. The fourth-order valence-electron chi connectivity index (χ4n) is 2.48. The minimum atomic E-state index is -0.0251. The smallest absolute Gasteiger partial charge is 0.226 e. The van der Waals surface area contributed by atoms with Crippen LogP contribution in [0.25, 0.3) is 0 Å². The van der Waals surface area contributed by atoms with Crippen molar-refractivity contribution in [3.05, 3.63) is 18.0 Å². The molecule has 0 radical (unpaired) electrons. The van der Waals surface area contributed by atoms with Crippen LogP contribution in [-0.2, 0) is 16.0 Å². The van der Waals surface area contributed by atoms with Gasteiger partial charge < -0.3 is 19.9 Å². The van der Waals surface area contributed by atoms with Crippen LogP contribution in [0.1, 0.15) is 18.5 Å². The van der Waals surface area contributed by atoms with E-state index in [1.807, 2.05) is 0 Å². The lowest BCUT2D eigenvalue weighted by Gasteiger charge is -2.37. The predicted molar refractivity (Wildman–Crippen MR) is 69.6 cm³/mol. The van der Waals surface area contributed by atoms with Crippen LogP contribution in [0.5, 0.6) is 0 Å². The maximum atomic E-state index is 11.9. The second-order valence-electron chi connectivity index (χ2n) is 5.13. The van der Waals surface area contributed by atoms with Crippen molar-refractivity contribution < 1.29 is 14.1 Å². The number of piperidine rings is 1. The van der Waals surface area contributed by atoms with Crippen molar-refractivity contribution in [2.45, 2.75) is 19.3 Å². The highest BCUT2D eigenvalue weighted by molar-refractivity contribution is 5.78. The van der Waals surface area contributed by atoms with Crippen LogP contribution in [0.15, 0.2) is 16.9 Å². The zero-order valence-corrected chi connectivity index (χ0v) is 11.3. The lowest BCUT2D eigenvalue weighted by molar-refractivity contribution is -0.121. The van der Waals surface area contributed by atoms with E-state index in [1.165, 1.54) is 6.26 Å². The molecule has 2 heterocycles. The van der Waals surface area contributed by atoms with Gasteiger partial charge in [0.1, 0.15) is 6.26 Å². The van der Waals surface area contributed by atoms with Gasteiger partial charge in [-0.3, -0.25) is 4.79 Å². The fraction of sp³-hybridized carbons (Fsp3) is 0.692. The first-order valence-corrected chi connectivity index (χ1v) is 6.60. The van der Waals surface area contributed by atoms with Crippen molar-refractivity contribution in [2.75, 3.05) is 33.4 Å². The van der Waals surface area contributed by atoms with Crippen LogP contribution in [0, 0.1) is 5.41 Å². The van der Waals surface area contributed by atoms with Gasteiger partial charge >= 0.3 is 0 Å². The first-order valence-electron chi connectivity index (χ1n) is 6.60. The number of carbonyl (C=O) groups is 1. The summed E-state index contributed by atoms with van der Waals surface area (Å²) < 4.78 is 10.0. The number of amides is 1. The summed E-state index contributed by atoms with van der Waals surface area (Å²) in [6.45, 7) is 3.28. The molecule has 0 saturated carbocycles. The lowest BCUT2D eigenvalue weighted by atomic mass is 9.79. The Morgan fingerprint density at radius 1 is 1.58 bits per heavy atom. The average molecular weight is 267 g/mol. The molecule has 2 rings (SSSR count). The highest BCUT2D eigenvalue weighted by Gasteiger charge is 2.32. The Labute approximate surface area is 112 Å². The summed E-state index contributed by atoms with van der Waals surface area (Å²) >= 11 is 0. The second kappa shape index (κ2) is 6.68. The summed E-state index contributed by atoms with van der Waals surface area (Å²) in [5, 5.41) is 10.1. The Hall–Kier alpha value is -1.40. The molecule has 0 spiro atoms. The number of hydrogen-bond donors (Lipinski definition) is 2. The van der Waals surface area contributed by atoms with Crippen LogP contribution >= 0.6 is 0 Å². The number of nitrogens with zero attached hydrogens (tertiary/aromatic N) is 1. The molecule has 1 aliphatic heterocycles. The number of methoxy groups -OCH3 is 1. The zero-order chi connectivity index (χ0) is 13.6. The Balaban J connectivity index is 1.82. The summed E-state index contributed by atoms with van der Waals surface area (Å²) in [6, 6.07) is 1.70. The molecule has 6 heteroatoms. The SMILES string of the molecule is COCC1(CNC(=O)Cc2ccon2)CCNCC1. The molecule has 1 saturated heterocycles. The quantitative estimate of drug-likeness (QED) is 0.778. The van der Waals surface area contributed by atoms with Crippen molar-refractivity contribution in [3.8, 4) is 0 Å².